The lowest BCUT2D eigenvalue weighted by Gasteiger charge is -2.33. The van der Waals surface area contributed by atoms with Crippen molar-refractivity contribution in [3.8, 4) is 0 Å². The largest absolute Gasteiger partial charge is 0.480 e. The molecule has 102 valence electrons. The molecule has 2 N–H and O–H groups in total. The van der Waals surface area contributed by atoms with Crippen LogP contribution in [0.2, 0.25) is 0 Å². The van der Waals surface area contributed by atoms with Crippen molar-refractivity contribution in [3.63, 3.8) is 0 Å². The van der Waals surface area contributed by atoms with Crippen LogP contribution in [0.25, 0.3) is 0 Å². The van der Waals surface area contributed by atoms with Crippen molar-refractivity contribution >= 4 is 11.9 Å². The van der Waals surface area contributed by atoms with Gasteiger partial charge in [-0.2, -0.15) is 0 Å². The molecule has 1 aliphatic heterocycles. The van der Waals surface area contributed by atoms with Crippen molar-refractivity contribution in [2.75, 3.05) is 19.6 Å². The van der Waals surface area contributed by atoms with Crippen LogP contribution in [-0.2, 0) is 4.79 Å². The SMILES string of the molecule is Cc1ccc(F)cc1C(=O)N1CCNCC1C(=O)O. The first-order valence-electron chi connectivity index (χ1n) is 6.01. The average molecular weight is 266 g/mol. The molecule has 5 nitrogen and oxygen atoms in total. The minimum absolute atomic E-state index is 0.204. The molecule has 0 aromatic heterocycles. The summed E-state index contributed by atoms with van der Waals surface area (Å²) >= 11 is 0. The van der Waals surface area contributed by atoms with Gasteiger partial charge < -0.3 is 15.3 Å². The highest BCUT2D eigenvalue weighted by molar-refractivity contribution is 5.98. The van der Waals surface area contributed by atoms with Gasteiger partial charge in [-0.15, -0.1) is 0 Å². The zero-order valence-corrected chi connectivity index (χ0v) is 10.5. The van der Waals surface area contributed by atoms with E-state index in [4.69, 9.17) is 5.11 Å². The molecule has 1 aromatic carbocycles. The summed E-state index contributed by atoms with van der Waals surface area (Å²) in [6.45, 7) is 2.73. The Kier molecular flexibility index (Phi) is 3.80. The van der Waals surface area contributed by atoms with Gasteiger partial charge in [-0.1, -0.05) is 6.07 Å². The van der Waals surface area contributed by atoms with Gasteiger partial charge in [-0.25, -0.2) is 9.18 Å². The number of benzene rings is 1. The molecule has 1 heterocycles. The third-order valence-corrected chi connectivity index (χ3v) is 3.22. The fraction of sp³-hybridized carbons (Fsp3) is 0.385. The number of aryl methyl sites for hydroxylation is 1. The first kappa shape index (κ1) is 13.5. The zero-order valence-electron chi connectivity index (χ0n) is 10.5. The summed E-state index contributed by atoms with van der Waals surface area (Å²) < 4.78 is 13.2. The molecular weight excluding hydrogens is 251 g/mol. The zero-order chi connectivity index (χ0) is 14.0. The van der Waals surface area contributed by atoms with Gasteiger partial charge >= 0.3 is 5.97 Å². The van der Waals surface area contributed by atoms with Crippen molar-refractivity contribution in [3.05, 3.63) is 35.1 Å². The van der Waals surface area contributed by atoms with Crippen LogP contribution in [-0.4, -0.2) is 47.6 Å². The Hall–Kier alpha value is -1.95. The van der Waals surface area contributed by atoms with E-state index in [0.29, 0.717) is 18.7 Å². The van der Waals surface area contributed by atoms with Crippen molar-refractivity contribution in [2.24, 2.45) is 0 Å². The maximum Gasteiger partial charge on any atom is 0.327 e. The van der Waals surface area contributed by atoms with Crippen LogP contribution >= 0.6 is 0 Å². The average Bonchev–Trinajstić information content (AvgIpc) is 2.40. The number of carbonyl (C=O) groups is 2. The van der Waals surface area contributed by atoms with E-state index in [1.54, 1.807) is 6.92 Å². The van der Waals surface area contributed by atoms with Crippen LogP contribution in [0.5, 0.6) is 0 Å². The number of nitrogens with zero attached hydrogens (tertiary/aromatic N) is 1. The Morgan fingerprint density at radius 2 is 2.21 bits per heavy atom. The van der Waals surface area contributed by atoms with Gasteiger partial charge in [0.1, 0.15) is 11.9 Å². The lowest BCUT2D eigenvalue weighted by atomic mass is 10.1. The maximum atomic E-state index is 13.2. The quantitative estimate of drug-likeness (QED) is 0.824. The van der Waals surface area contributed by atoms with E-state index in [2.05, 4.69) is 5.32 Å². The number of amides is 1. The van der Waals surface area contributed by atoms with Crippen LogP contribution in [0.15, 0.2) is 18.2 Å². The number of hydrogen-bond acceptors (Lipinski definition) is 3. The van der Waals surface area contributed by atoms with E-state index in [1.807, 2.05) is 0 Å². The third-order valence-electron chi connectivity index (χ3n) is 3.22. The van der Waals surface area contributed by atoms with E-state index in [0.717, 1.165) is 6.07 Å². The van der Waals surface area contributed by atoms with Crippen molar-refractivity contribution in [1.29, 1.82) is 0 Å². The smallest absolute Gasteiger partial charge is 0.327 e. The minimum atomic E-state index is -1.06. The second-order valence-electron chi connectivity index (χ2n) is 4.52. The first-order chi connectivity index (χ1) is 9.00. The molecule has 0 radical (unpaired) electrons. The number of piperazine rings is 1. The van der Waals surface area contributed by atoms with Gasteiger partial charge in [0.2, 0.25) is 0 Å². The molecule has 0 aliphatic carbocycles. The monoisotopic (exact) mass is 266 g/mol. The molecule has 1 amide bonds. The van der Waals surface area contributed by atoms with E-state index in [9.17, 15) is 14.0 Å². The highest BCUT2D eigenvalue weighted by Crippen LogP contribution is 2.16. The number of aliphatic carboxylic acids is 1. The number of carboxylic acids is 1. The molecule has 19 heavy (non-hydrogen) atoms. The van der Waals surface area contributed by atoms with Gasteiger partial charge in [0, 0.05) is 25.2 Å². The Morgan fingerprint density at radius 1 is 1.47 bits per heavy atom. The highest BCUT2D eigenvalue weighted by Gasteiger charge is 2.32. The molecule has 0 saturated carbocycles. The normalized spacial score (nSPS) is 19.3. The summed E-state index contributed by atoms with van der Waals surface area (Å²) in [5.74, 6) is -2.00. The van der Waals surface area contributed by atoms with Crippen LogP contribution in [0.1, 0.15) is 15.9 Å². The molecule has 1 fully saturated rings. The molecule has 1 aliphatic rings. The van der Waals surface area contributed by atoms with Gasteiger partial charge in [0.05, 0.1) is 0 Å². The topological polar surface area (TPSA) is 69.6 Å². The molecule has 1 atom stereocenters. The first-order valence-corrected chi connectivity index (χ1v) is 6.01. The summed E-state index contributed by atoms with van der Waals surface area (Å²) in [6.07, 6.45) is 0. The van der Waals surface area contributed by atoms with E-state index >= 15 is 0 Å². The minimum Gasteiger partial charge on any atom is -0.480 e. The van der Waals surface area contributed by atoms with Crippen LogP contribution in [0, 0.1) is 12.7 Å². The molecule has 6 heteroatoms. The number of halogens is 1. The van der Waals surface area contributed by atoms with Gasteiger partial charge in [-0.05, 0) is 24.6 Å². The number of nitrogens with one attached hydrogen (secondary N) is 1. The van der Waals surface area contributed by atoms with Crippen LogP contribution < -0.4 is 5.32 Å². The fourth-order valence-corrected chi connectivity index (χ4v) is 2.15. The van der Waals surface area contributed by atoms with Crippen LogP contribution in [0.4, 0.5) is 4.39 Å². The predicted molar refractivity (Wildman–Crippen MR) is 66.5 cm³/mol. The molecule has 1 saturated heterocycles. The predicted octanol–water partition coefficient (Wildman–Crippen LogP) is 0.633. The van der Waals surface area contributed by atoms with Crippen molar-refractivity contribution in [2.45, 2.75) is 13.0 Å². The Morgan fingerprint density at radius 3 is 2.89 bits per heavy atom. The Labute approximate surface area is 110 Å². The summed E-state index contributed by atoms with van der Waals surface area (Å²) in [6, 6.07) is 3.03. The third kappa shape index (κ3) is 2.73. The standard InChI is InChI=1S/C13H15FN2O3/c1-8-2-3-9(14)6-10(8)12(17)16-5-4-15-7-11(16)13(18)19/h2-3,6,11,15H,4-5,7H2,1H3,(H,18,19). The molecular formula is C13H15FN2O3. The number of rotatable bonds is 2. The van der Waals surface area contributed by atoms with Gasteiger partial charge in [0.15, 0.2) is 0 Å². The lowest BCUT2D eigenvalue weighted by molar-refractivity contribution is -0.142. The Bertz CT molecular complexity index is 519. The number of carbonyl (C=O) groups excluding carboxylic acids is 1. The number of carboxylic acid groups (broad SMARTS) is 1. The van der Waals surface area contributed by atoms with Crippen molar-refractivity contribution in [1.82, 2.24) is 10.2 Å². The molecule has 0 bridgehead atoms. The molecule has 1 unspecified atom stereocenters. The summed E-state index contributed by atoms with van der Waals surface area (Å²) in [5, 5.41) is 12.1. The molecule has 0 spiro atoms. The summed E-state index contributed by atoms with van der Waals surface area (Å²) in [7, 11) is 0. The summed E-state index contributed by atoms with van der Waals surface area (Å²) in [5.41, 5.74) is 0.849. The summed E-state index contributed by atoms with van der Waals surface area (Å²) in [4.78, 5) is 24.8. The lowest BCUT2D eigenvalue weighted by Crippen LogP contribution is -2.57. The van der Waals surface area contributed by atoms with Gasteiger partial charge in [-0.3, -0.25) is 4.79 Å². The van der Waals surface area contributed by atoms with Crippen LogP contribution in [0.3, 0.4) is 0 Å². The fourth-order valence-electron chi connectivity index (χ4n) is 2.15. The molecule has 1 aromatic rings. The second kappa shape index (κ2) is 5.36. The second-order valence-corrected chi connectivity index (χ2v) is 4.52. The highest BCUT2D eigenvalue weighted by atomic mass is 19.1. The maximum absolute atomic E-state index is 13.2. The van der Waals surface area contributed by atoms with E-state index in [1.165, 1.54) is 17.0 Å². The van der Waals surface area contributed by atoms with E-state index in [-0.39, 0.29) is 12.1 Å². The van der Waals surface area contributed by atoms with Gasteiger partial charge in [0.25, 0.3) is 5.91 Å². The number of hydrogen-bond donors (Lipinski definition) is 2. The Balaban J connectivity index is 2.31. The molecule has 2 rings (SSSR count). The van der Waals surface area contributed by atoms with Crippen molar-refractivity contribution < 1.29 is 19.1 Å². The van der Waals surface area contributed by atoms with E-state index < -0.39 is 23.7 Å².